The first-order valence-electron chi connectivity index (χ1n) is 15.5. The molecule has 3 aromatic carbocycles. The molecule has 0 unspecified atom stereocenters. The number of amides is 5. The zero-order valence-electron chi connectivity index (χ0n) is 25.1. The van der Waals surface area contributed by atoms with E-state index >= 15 is 0 Å². The lowest BCUT2D eigenvalue weighted by Gasteiger charge is -2.57. The summed E-state index contributed by atoms with van der Waals surface area (Å²) < 4.78 is 11.3. The standard InChI is InChI=1S/C36H35N3O6/c1-44-30-9-5-6-25(32(30)45-21-31(40)37-27-7-3-2-4-8-27)17-29-33(41)38-35(43)39(34(29)42)28-12-10-26(11-13-28)36-18-22-14-23(19-36)16-24(15-22)20-36/h2-13,17,22-24H,14-16,18-21H2,1H3,(H,37,40)(H,38,41,43)/b29-17+. The molecule has 5 amide bonds. The third-order valence-corrected chi connectivity index (χ3v) is 9.81. The summed E-state index contributed by atoms with van der Waals surface area (Å²) in [5.41, 5.74) is 2.57. The van der Waals surface area contributed by atoms with Gasteiger partial charge in [-0.3, -0.25) is 19.7 Å². The van der Waals surface area contributed by atoms with E-state index in [0.29, 0.717) is 22.7 Å². The van der Waals surface area contributed by atoms with Gasteiger partial charge in [-0.15, -0.1) is 0 Å². The highest BCUT2D eigenvalue weighted by Gasteiger charge is 2.51. The van der Waals surface area contributed by atoms with E-state index in [2.05, 4.69) is 22.8 Å². The van der Waals surface area contributed by atoms with E-state index in [4.69, 9.17) is 9.47 Å². The Balaban J connectivity index is 1.13. The summed E-state index contributed by atoms with van der Waals surface area (Å²) in [7, 11) is 1.45. The van der Waals surface area contributed by atoms with Gasteiger partial charge in [-0.1, -0.05) is 42.5 Å². The van der Waals surface area contributed by atoms with Gasteiger partial charge in [0, 0.05) is 11.3 Å². The van der Waals surface area contributed by atoms with Crippen LogP contribution in [0.5, 0.6) is 11.5 Å². The second-order valence-corrected chi connectivity index (χ2v) is 12.8. The highest BCUT2D eigenvalue weighted by Crippen LogP contribution is 2.60. The molecule has 4 bridgehead atoms. The molecule has 0 atom stereocenters. The van der Waals surface area contributed by atoms with Crippen molar-refractivity contribution >= 4 is 41.2 Å². The van der Waals surface area contributed by atoms with Gasteiger partial charge < -0.3 is 14.8 Å². The van der Waals surface area contributed by atoms with Crippen LogP contribution in [0.2, 0.25) is 0 Å². The van der Waals surface area contributed by atoms with Crippen molar-refractivity contribution in [3.63, 3.8) is 0 Å². The SMILES string of the molecule is COc1cccc(/C=C2\C(=O)NC(=O)N(c3ccc(C45CC6CC(CC(C6)C4)C5)cc3)C2=O)c1OCC(=O)Nc1ccccc1. The molecule has 9 nitrogen and oxygen atoms in total. The molecule has 230 valence electrons. The van der Waals surface area contributed by atoms with Crippen molar-refractivity contribution in [2.75, 3.05) is 23.9 Å². The van der Waals surface area contributed by atoms with Crippen LogP contribution in [0, 0.1) is 17.8 Å². The van der Waals surface area contributed by atoms with E-state index < -0.39 is 23.8 Å². The molecule has 45 heavy (non-hydrogen) atoms. The van der Waals surface area contributed by atoms with E-state index in [1.165, 1.54) is 57.3 Å². The summed E-state index contributed by atoms with van der Waals surface area (Å²) in [6.07, 6.45) is 9.04. The summed E-state index contributed by atoms with van der Waals surface area (Å²) in [6.45, 7) is -0.341. The molecular weight excluding hydrogens is 570 g/mol. The summed E-state index contributed by atoms with van der Waals surface area (Å²) >= 11 is 0. The van der Waals surface area contributed by atoms with Crippen LogP contribution in [0.1, 0.15) is 49.7 Å². The minimum Gasteiger partial charge on any atom is -0.493 e. The average molecular weight is 606 g/mol. The molecule has 0 aromatic heterocycles. The first kappa shape index (κ1) is 28.8. The van der Waals surface area contributed by atoms with E-state index in [1.807, 2.05) is 18.2 Å². The molecule has 4 aliphatic carbocycles. The second-order valence-electron chi connectivity index (χ2n) is 12.8. The lowest BCUT2D eigenvalue weighted by atomic mass is 9.48. The lowest BCUT2D eigenvalue weighted by Crippen LogP contribution is -2.54. The number of hydrogen-bond acceptors (Lipinski definition) is 6. The van der Waals surface area contributed by atoms with Gasteiger partial charge in [0.05, 0.1) is 12.8 Å². The lowest BCUT2D eigenvalue weighted by molar-refractivity contribution is -0.122. The Morgan fingerprint density at radius 2 is 1.58 bits per heavy atom. The molecule has 2 N–H and O–H groups in total. The van der Waals surface area contributed by atoms with E-state index in [-0.39, 0.29) is 23.3 Å². The fourth-order valence-corrected chi connectivity index (χ4v) is 8.29. The Kier molecular flexibility index (Phi) is 7.39. The number of barbiturate groups is 1. The number of imide groups is 2. The average Bonchev–Trinajstić information content (AvgIpc) is 3.02. The van der Waals surface area contributed by atoms with Crippen LogP contribution in [0.15, 0.2) is 78.4 Å². The number of carbonyl (C=O) groups is 4. The number of urea groups is 1. The van der Waals surface area contributed by atoms with Crippen LogP contribution in [-0.2, 0) is 19.8 Å². The summed E-state index contributed by atoms with van der Waals surface area (Å²) in [5, 5.41) is 5.05. The van der Waals surface area contributed by atoms with Crippen molar-refractivity contribution in [1.29, 1.82) is 0 Å². The van der Waals surface area contributed by atoms with Crippen molar-refractivity contribution in [3.05, 3.63) is 89.5 Å². The van der Waals surface area contributed by atoms with Crippen molar-refractivity contribution in [1.82, 2.24) is 5.32 Å². The largest absolute Gasteiger partial charge is 0.493 e. The maximum absolute atomic E-state index is 13.7. The van der Waals surface area contributed by atoms with Gasteiger partial charge in [-0.2, -0.15) is 0 Å². The molecular formula is C36H35N3O6. The van der Waals surface area contributed by atoms with Gasteiger partial charge in [0.15, 0.2) is 18.1 Å². The molecule has 0 radical (unpaired) electrons. The molecule has 0 spiro atoms. The first-order valence-corrected chi connectivity index (χ1v) is 15.5. The van der Waals surface area contributed by atoms with Gasteiger partial charge in [0.1, 0.15) is 5.57 Å². The fourth-order valence-electron chi connectivity index (χ4n) is 8.29. The normalized spacial score (nSPS) is 26.2. The van der Waals surface area contributed by atoms with Crippen LogP contribution >= 0.6 is 0 Å². The summed E-state index contributed by atoms with van der Waals surface area (Å²) in [6, 6.07) is 20.9. The van der Waals surface area contributed by atoms with Crippen molar-refractivity contribution in [2.24, 2.45) is 17.8 Å². The van der Waals surface area contributed by atoms with Gasteiger partial charge in [-0.25, -0.2) is 9.69 Å². The molecule has 5 aliphatic rings. The van der Waals surface area contributed by atoms with Gasteiger partial charge in [-0.05, 0) is 104 Å². The smallest absolute Gasteiger partial charge is 0.335 e. The van der Waals surface area contributed by atoms with Gasteiger partial charge in [0.25, 0.3) is 17.7 Å². The van der Waals surface area contributed by atoms with Gasteiger partial charge >= 0.3 is 6.03 Å². The number of carbonyl (C=O) groups excluding carboxylic acids is 4. The Bertz CT molecular complexity index is 1660. The Morgan fingerprint density at radius 1 is 0.911 bits per heavy atom. The molecule has 8 rings (SSSR count). The molecule has 3 aromatic rings. The molecule has 1 aliphatic heterocycles. The highest BCUT2D eigenvalue weighted by atomic mass is 16.5. The van der Waals surface area contributed by atoms with Gasteiger partial charge in [0.2, 0.25) is 0 Å². The fraction of sp³-hybridized carbons (Fsp3) is 0.333. The van der Waals surface area contributed by atoms with E-state index in [0.717, 1.165) is 22.7 Å². The predicted octanol–water partition coefficient (Wildman–Crippen LogP) is 5.85. The Labute approximate surface area is 261 Å². The van der Waals surface area contributed by atoms with Crippen molar-refractivity contribution < 1.29 is 28.7 Å². The minimum atomic E-state index is -0.818. The Hall–Kier alpha value is -4.92. The maximum atomic E-state index is 13.7. The number of benzene rings is 3. The van der Waals surface area contributed by atoms with Crippen molar-refractivity contribution in [3.8, 4) is 11.5 Å². The quantitative estimate of drug-likeness (QED) is 0.246. The van der Waals surface area contributed by atoms with E-state index in [1.54, 1.807) is 42.5 Å². The zero-order valence-corrected chi connectivity index (χ0v) is 25.1. The number of hydrogen-bond donors (Lipinski definition) is 2. The number of rotatable bonds is 8. The zero-order chi connectivity index (χ0) is 31.1. The van der Waals surface area contributed by atoms with Crippen LogP contribution in [0.3, 0.4) is 0 Å². The van der Waals surface area contributed by atoms with Crippen LogP contribution < -0.4 is 25.0 Å². The summed E-state index contributed by atoms with van der Waals surface area (Å²) in [5.74, 6) is 0.928. The van der Waals surface area contributed by atoms with E-state index in [9.17, 15) is 19.2 Å². The molecule has 1 saturated heterocycles. The predicted molar refractivity (Wildman–Crippen MR) is 169 cm³/mol. The Morgan fingerprint density at radius 3 is 2.22 bits per heavy atom. The number of ether oxygens (including phenoxy) is 2. The maximum Gasteiger partial charge on any atom is 0.335 e. The van der Waals surface area contributed by atoms with Crippen LogP contribution in [-0.4, -0.2) is 37.5 Å². The number of nitrogens with zero attached hydrogens (tertiary/aromatic N) is 1. The number of methoxy groups -OCH3 is 1. The molecule has 5 fully saturated rings. The second kappa shape index (κ2) is 11.5. The molecule has 1 heterocycles. The molecule has 9 heteroatoms. The van der Waals surface area contributed by atoms with Crippen molar-refractivity contribution in [2.45, 2.75) is 43.9 Å². The topological polar surface area (TPSA) is 114 Å². The number of para-hydroxylation sites is 2. The monoisotopic (exact) mass is 605 g/mol. The third kappa shape index (κ3) is 5.47. The minimum absolute atomic E-state index is 0.180. The number of anilines is 2. The van der Waals surface area contributed by atoms with Crippen LogP contribution in [0.25, 0.3) is 6.08 Å². The number of nitrogens with one attached hydrogen (secondary N) is 2. The summed E-state index contributed by atoms with van der Waals surface area (Å²) in [4.78, 5) is 53.2. The highest BCUT2D eigenvalue weighted by molar-refractivity contribution is 6.39. The van der Waals surface area contributed by atoms with Crippen LogP contribution in [0.4, 0.5) is 16.2 Å². The molecule has 4 saturated carbocycles. The first-order chi connectivity index (χ1) is 21.8. The third-order valence-electron chi connectivity index (χ3n) is 9.81.